The predicted molar refractivity (Wildman–Crippen MR) is 235 cm³/mol. The number of nitrogens with one attached hydrogen (secondary N) is 8. The van der Waals surface area contributed by atoms with Gasteiger partial charge in [0.1, 0.15) is 41.5 Å². The molecule has 1 aliphatic carbocycles. The molecule has 0 spiro atoms. The second-order valence-corrected chi connectivity index (χ2v) is 16.7. The number of hydrogen-bond acceptors (Lipinski definition) is 13. The van der Waals surface area contributed by atoms with Gasteiger partial charge < -0.3 is 69.7 Å². The van der Waals surface area contributed by atoms with Gasteiger partial charge in [0.15, 0.2) is 0 Å². The van der Waals surface area contributed by atoms with Crippen LogP contribution in [0, 0.1) is 5.92 Å². The lowest BCUT2D eigenvalue weighted by Gasteiger charge is -2.31. The van der Waals surface area contributed by atoms with Crippen molar-refractivity contribution in [2.75, 3.05) is 26.7 Å². The molecule has 368 valence electrons. The van der Waals surface area contributed by atoms with Crippen molar-refractivity contribution in [1.29, 1.82) is 0 Å². The first-order chi connectivity index (χ1) is 31.5. The highest BCUT2D eigenvalue weighted by molar-refractivity contribution is 5.99. The van der Waals surface area contributed by atoms with E-state index in [9.17, 15) is 62.6 Å². The van der Waals surface area contributed by atoms with Crippen molar-refractivity contribution >= 4 is 70.9 Å². The predicted octanol–water partition coefficient (Wildman–Crippen LogP) is -5.06. The van der Waals surface area contributed by atoms with E-state index in [0.29, 0.717) is 24.8 Å². The number of phenolic OH excluding ortho intramolecular Hbond substituents is 1. The molecule has 2 aliphatic rings. The van der Waals surface area contributed by atoms with Crippen molar-refractivity contribution in [3.8, 4) is 5.75 Å². The zero-order valence-electron chi connectivity index (χ0n) is 37.7. The van der Waals surface area contributed by atoms with E-state index in [1.54, 1.807) is 13.8 Å². The molecule has 2 fully saturated rings. The molecular weight excluding hydrogens is 881 g/mol. The Hall–Kier alpha value is -7.34. The first-order valence-electron chi connectivity index (χ1n) is 21.8. The molecule has 0 bridgehead atoms. The standard InChI is InChI=1S/C42H62N12O13/c1-4-22(2)35-39(65)49-25(11-13-29(43)56)36(62)51-28(18-30(44)57)37(63)50-26(40(66)54(3)21-34(61)53-42(15-5-6-16-42)41(67)47-19-31(45)58)12-14-32(59)46-20-33(60)48-27(38(64)52-35)17-23-7-9-24(55)10-8-23/h7-10,22,25-28,35,55H,4-6,11-21H2,1-3H3,(H2,43,56)(H2,44,57)(H2,45,58)(H,46,59)(H,47,67)(H,48,60)(H,49,65)(H,50,63)(H,51,62)(H,52,64)(H,53,61)/t22-,25-,26-,27-,28-,35-/m0/s1. The summed E-state index contributed by atoms with van der Waals surface area (Å²) in [5, 5.41) is 29.5. The van der Waals surface area contributed by atoms with Gasteiger partial charge in [-0.3, -0.25) is 57.5 Å². The van der Waals surface area contributed by atoms with Gasteiger partial charge in [-0.25, -0.2) is 0 Å². The fraction of sp³-hybridized carbons (Fsp3) is 0.571. The third-order valence-corrected chi connectivity index (χ3v) is 11.3. The molecule has 25 nitrogen and oxygen atoms in total. The maximum atomic E-state index is 14.0. The number of aromatic hydroxyl groups is 1. The maximum absolute atomic E-state index is 14.0. The summed E-state index contributed by atoms with van der Waals surface area (Å²) in [5.41, 5.74) is 15.0. The van der Waals surface area contributed by atoms with Crippen LogP contribution in [-0.4, -0.2) is 143 Å². The molecule has 1 aliphatic heterocycles. The molecular formula is C42H62N12O13. The number of nitrogens with two attached hydrogens (primary N) is 3. The van der Waals surface area contributed by atoms with Gasteiger partial charge in [0.05, 0.1) is 26.1 Å². The highest BCUT2D eigenvalue weighted by atomic mass is 16.3. The third-order valence-electron chi connectivity index (χ3n) is 11.3. The molecule has 1 aromatic carbocycles. The zero-order valence-corrected chi connectivity index (χ0v) is 37.7. The first kappa shape index (κ1) is 54.0. The van der Waals surface area contributed by atoms with Crippen molar-refractivity contribution < 1.29 is 62.6 Å². The summed E-state index contributed by atoms with van der Waals surface area (Å²) < 4.78 is 0. The van der Waals surface area contributed by atoms with E-state index in [1.165, 1.54) is 31.3 Å². The number of amides is 12. The summed E-state index contributed by atoms with van der Waals surface area (Å²) in [7, 11) is 1.19. The number of primary amides is 3. The Morgan fingerprint density at radius 2 is 1.40 bits per heavy atom. The fourth-order valence-electron chi connectivity index (χ4n) is 7.44. The lowest BCUT2D eigenvalue weighted by Crippen LogP contribution is -2.61. The molecule has 1 saturated carbocycles. The Morgan fingerprint density at radius 1 is 0.791 bits per heavy atom. The number of likely N-dealkylation sites (N-methyl/N-ethyl adjacent to an activating group) is 1. The molecule has 12 amide bonds. The van der Waals surface area contributed by atoms with Crippen LogP contribution in [0.3, 0.4) is 0 Å². The highest BCUT2D eigenvalue weighted by Crippen LogP contribution is 2.30. The molecule has 67 heavy (non-hydrogen) atoms. The Labute approximate surface area is 385 Å². The molecule has 0 unspecified atom stereocenters. The fourth-order valence-corrected chi connectivity index (χ4v) is 7.44. The minimum Gasteiger partial charge on any atom is -0.508 e. The number of rotatable bonds is 16. The van der Waals surface area contributed by atoms with E-state index < -0.39 is 164 Å². The van der Waals surface area contributed by atoms with Gasteiger partial charge in [-0.1, -0.05) is 45.2 Å². The largest absolute Gasteiger partial charge is 0.508 e. The molecule has 6 atom stereocenters. The minimum atomic E-state index is -1.82. The Morgan fingerprint density at radius 3 is 2.00 bits per heavy atom. The number of phenols is 1. The molecule has 3 rings (SSSR count). The van der Waals surface area contributed by atoms with Crippen molar-refractivity contribution in [2.24, 2.45) is 23.1 Å². The van der Waals surface area contributed by atoms with Crippen LogP contribution >= 0.6 is 0 Å². The van der Waals surface area contributed by atoms with Crippen molar-refractivity contribution in [2.45, 2.75) is 120 Å². The second kappa shape index (κ2) is 25.4. The average Bonchev–Trinajstić information content (AvgIpc) is 3.74. The summed E-state index contributed by atoms with van der Waals surface area (Å²) in [6.45, 7) is 1.50. The smallest absolute Gasteiger partial charge is 0.246 e. The lowest BCUT2D eigenvalue weighted by molar-refractivity contribution is -0.141. The zero-order chi connectivity index (χ0) is 50.0. The molecule has 0 aromatic heterocycles. The minimum absolute atomic E-state index is 0.0703. The number of carbonyl (C=O) groups excluding carboxylic acids is 12. The first-order valence-corrected chi connectivity index (χ1v) is 21.8. The van der Waals surface area contributed by atoms with Crippen LogP contribution in [0.15, 0.2) is 24.3 Å². The van der Waals surface area contributed by atoms with Crippen LogP contribution in [0.1, 0.15) is 83.6 Å². The number of benzene rings is 1. The third kappa shape index (κ3) is 17.2. The van der Waals surface area contributed by atoms with Crippen LogP contribution in [0.5, 0.6) is 5.75 Å². The molecule has 1 saturated heterocycles. The van der Waals surface area contributed by atoms with Gasteiger partial charge in [0.2, 0.25) is 70.9 Å². The van der Waals surface area contributed by atoms with Crippen molar-refractivity contribution in [3.63, 3.8) is 0 Å². The topological polar surface area (TPSA) is 403 Å². The van der Waals surface area contributed by atoms with Gasteiger partial charge in [-0.05, 0) is 49.3 Å². The number of nitrogens with zero attached hydrogens (tertiary/aromatic N) is 1. The molecule has 0 radical (unpaired) electrons. The summed E-state index contributed by atoms with van der Waals surface area (Å²) >= 11 is 0. The maximum Gasteiger partial charge on any atom is 0.246 e. The van der Waals surface area contributed by atoms with Crippen LogP contribution in [-0.2, 0) is 64.0 Å². The molecule has 1 aromatic rings. The average molecular weight is 943 g/mol. The Balaban J connectivity index is 2.01. The summed E-state index contributed by atoms with van der Waals surface area (Å²) in [6.07, 6.45) is -1.02. The molecule has 25 heteroatoms. The molecule has 15 N–H and O–H groups in total. The Bertz CT molecular complexity index is 2040. The molecule has 1 heterocycles. The van der Waals surface area contributed by atoms with Crippen molar-refractivity contribution in [1.82, 2.24) is 47.4 Å². The van der Waals surface area contributed by atoms with Crippen LogP contribution in [0.25, 0.3) is 0 Å². The Kier molecular flexibility index (Phi) is 20.5. The normalized spacial score (nSPS) is 22.5. The van der Waals surface area contributed by atoms with E-state index in [4.69, 9.17) is 17.2 Å². The van der Waals surface area contributed by atoms with Crippen molar-refractivity contribution in [3.05, 3.63) is 29.8 Å². The summed E-state index contributed by atoms with van der Waals surface area (Å²) in [6, 6.07) is -2.09. The van der Waals surface area contributed by atoms with Gasteiger partial charge >= 0.3 is 0 Å². The van der Waals surface area contributed by atoms with E-state index >= 15 is 0 Å². The second-order valence-electron chi connectivity index (χ2n) is 16.7. The summed E-state index contributed by atoms with van der Waals surface area (Å²) in [4.78, 5) is 159. The van der Waals surface area contributed by atoms with E-state index in [2.05, 4.69) is 42.5 Å². The van der Waals surface area contributed by atoms with Crippen LogP contribution < -0.4 is 59.7 Å². The van der Waals surface area contributed by atoms with E-state index in [-0.39, 0.29) is 25.0 Å². The van der Waals surface area contributed by atoms with Gasteiger partial charge in [-0.2, -0.15) is 0 Å². The van der Waals surface area contributed by atoms with Crippen LogP contribution in [0.4, 0.5) is 0 Å². The quantitative estimate of drug-likeness (QED) is 0.0740. The van der Waals surface area contributed by atoms with E-state index in [0.717, 1.165) is 4.90 Å². The summed E-state index contributed by atoms with van der Waals surface area (Å²) in [5.74, 6) is -11.5. The van der Waals surface area contributed by atoms with Gasteiger partial charge in [0, 0.05) is 26.3 Å². The monoisotopic (exact) mass is 942 g/mol. The SMILES string of the molecule is CC[C@H](C)[C@@H]1NC(=O)[C@H](Cc2ccc(O)cc2)NC(=O)CNC(=O)CC[C@@H](C(=O)N(C)CC(=O)NC2(C(=O)NCC(N)=O)CCCC2)NC(=O)[C@H](CC(N)=O)NC(=O)[C@H](CCC(N)=O)NC1=O. The van der Waals surface area contributed by atoms with Gasteiger partial charge in [-0.15, -0.1) is 0 Å². The van der Waals surface area contributed by atoms with E-state index in [1.807, 2.05) is 0 Å². The lowest BCUT2D eigenvalue weighted by atomic mass is 9.96. The number of carbonyl (C=O) groups is 12. The highest BCUT2D eigenvalue weighted by Gasteiger charge is 2.43. The number of hydrogen-bond donors (Lipinski definition) is 12. The van der Waals surface area contributed by atoms with Gasteiger partial charge in [0.25, 0.3) is 0 Å². The van der Waals surface area contributed by atoms with Crippen LogP contribution in [0.2, 0.25) is 0 Å².